The van der Waals surface area contributed by atoms with E-state index in [1.165, 1.54) is 11.3 Å². The Hall–Kier alpha value is -3.72. The van der Waals surface area contributed by atoms with E-state index in [1.807, 2.05) is 54.7 Å². The smallest absolute Gasteiger partial charge is 0.247 e. The fraction of sp³-hybridized carbons (Fsp3) is 0.357. The van der Waals surface area contributed by atoms with Gasteiger partial charge >= 0.3 is 0 Å². The Labute approximate surface area is 200 Å². The van der Waals surface area contributed by atoms with Crippen LogP contribution in [0.2, 0.25) is 0 Å². The Bertz CT molecular complexity index is 1170. The molecule has 4 rings (SSSR count). The lowest BCUT2D eigenvalue weighted by Gasteiger charge is -2.32. The van der Waals surface area contributed by atoms with Crippen LogP contribution in [0.1, 0.15) is 49.3 Å². The number of H-pyrrole nitrogens is 1. The SMILES string of the molecule is C#CCN(C(=O)Cc1ccc(OC)cc1)C(C(=O)NC1CCCCC1)c1c[nH]c2ccccc12. The molecule has 176 valence electrons. The number of ether oxygens (including phenoxy) is 1. The molecule has 1 unspecified atom stereocenters. The van der Waals surface area contributed by atoms with Crippen molar-refractivity contribution in [2.24, 2.45) is 0 Å². The number of hydrogen-bond donors (Lipinski definition) is 2. The summed E-state index contributed by atoms with van der Waals surface area (Å²) in [6, 6.07) is 14.4. The van der Waals surface area contributed by atoms with Gasteiger partial charge in [0.1, 0.15) is 11.8 Å². The Balaban J connectivity index is 1.67. The van der Waals surface area contributed by atoms with E-state index in [-0.39, 0.29) is 30.8 Å². The third-order valence-electron chi connectivity index (χ3n) is 6.52. The molecule has 0 aliphatic heterocycles. The molecule has 1 heterocycles. The van der Waals surface area contributed by atoms with Crippen molar-refractivity contribution < 1.29 is 14.3 Å². The Morgan fingerprint density at radius 1 is 1.15 bits per heavy atom. The van der Waals surface area contributed by atoms with Crippen LogP contribution in [0.15, 0.2) is 54.7 Å². The molecular formula is C28H31N3O3. The first-order valence-electron chi connectivity index (χ1n) is 11.8. The van der Waals surface area contributed by atoms with Crippen LogP contribution in [0.5, 0.6) is 5.75 Å². The molecule has 1 fully saturated rings. The normalized spacial score (nSPS) is 14.8. The van der Waals surface area contributed by atoms with Crippen molar-refractivity contribution in [3.05, 3.63) is 65.9 Å². The van der Waals surface area contributed by atoms with Gasteiger partial charge in [-0.25, -0.2) is 0 Å². The molecule has 2 aromatic carbocycles. The van der Waals surface area contributed by atoms with E-state index in [0.717, 1.165) is 53.5 Å². The van der Waals surface area contributed by atoms with Gasteiger partial charge in [0.05, 0.1) is 20.1 Å². The Morgan fingerprint density at radius 3 is 2.59 bits per heavy atom. The van der Waals surface area contributed by atoms with E-state index >= 15 is 0 Å². The van der Waals surface area contributed by atoms with Gasteiger partial charge in [0.15, 0.2) is 0 Å². The molecule has 3 aromatic rings. The van der Waals surface area contributed by atoms with Gasteiger partial charge in [0, 0.05) is 28.7 Å². The molecule has 0 bridgehead atoms. The number of hydrogen-bond acceptors (Lipinski definition) is 3. The molecule has 1 atom stereocenters. The second-order valence-corrected chi connectivity index (χ2v) is 8.79. The zero-order chi connectivity index (χ0) is 23.9. The van der Waals surface area contributed by atoms with E-state index in [1.54, 1.807) is 7.11 Å². The van der Waals surface area contributed by atoms with Gasteiger partial charge in [-0.1, -0.05) is 55.5 Å². The maximum atomic E-state index is 13.7. The molecule has 2 N–H and O–H groups in total. The molecular weight excluding hydrogens is 426 g/mol. The molecule has 0 radical (unpaired) electrons. The third kappa shape index (κ3) is 5.26. The Morgan fingerprint density at radius 2 is 1.88 bits per heavy atom. The average molecular weight is 458 g/mol. The summed E-state index contributed by atoms with van der Waals surface area (Å²) in [5, 5.41) is 4.12. The fourth-order valence-electron chi connectivity index (χ4n) is 4.74. The van der Waals surface area contributed by atoms with E-state index in [0.29, 0.717) is 0 Å². The van der Waals surface area contributed by atoms with Crippen molar-refractivity contribution in [2.45, 2.75) is 50.6 Å². The highest BCUT2D eigenvalue weighted by Crippen LogP contribution is 2.30. The standard InChI is InChI=1S/C28H31N3O3/c1-3-17-31(26(32)18-20-13-15-22(34-2)16-14-20)27(28(33)30-21-9-5-4-6-10-21)24-19-29-25-12-8-7-11-23(24)25/h1,7-8,11-16,19,21,27,29H,4-6,9-10,17-18H2,2H3,(H,30,33). The van der Waals surface area contributed by atoms with Gasteiger partial charge in [-0.15, -0.1) is 6.42 Å². The number of fused-ring (bicyclic) bond motifs is 1. The highest BCUT2D eigenvalue weighted by Gasteiger charge is 2.34. The summed E-state index contributed by atoms with van der Waals surface area (Å²) in [6.07, 6.45) is 13.0. The molecule has 1 aliphatic carbocycles. The van der Waals surface area contributed by atoms with Crippen LogP contribution in [-0.4, -0.2) is 41.4 Å². The summed E-state index contributed by atoms with van der Waals surface area (Å²) in [7, 11) is 1.60. The minimum Gasteiger partial charge on any atom is -0.497 e. The number of aromatic nitrogens is 1. The molecule has 0 saturated heterocycles. The second kappa shape index (κ2) is 10.9. The molecule has 2 amide bonds. The first-order valence-corrected chi connectivity index (χ1v) is 11.8. The predicted octanol–water partition coefficient (Wildman–Crippen LogP) is 4.37. The van der Waals surface area contributed by atoms with E-state index in [9.17, 15) is 9.59 Å². The van der Waals surface area contributed by atoms with E-state index in [2.05, 4.69) is 16.2 Å². The van der Waals surface area contributed by atoms with Gasteiger partial charge < -0.3 is 19.9 Å². The molecule has 1 aromatic heterocycles. The molecule has 0 spiro atoms. The first kappa shape index (κ1) is 23.4. The van der Waals surface area contributed by atoms with Gasteiger partial charge in [-0.2, -0.15) is 0 Å². The van der Waals surface area contributed by atoms with Gasteiger partial charge in [0.25, 0.3) is 0 Å². The number of methoxy groups -OCH3 is 1. The topological polar surface area (TPSA) is 74.4 Å². The van der Waals surface area contributed by atoms with Crippen LogP contribution in [0.25, 0.3) is 10.9 Å². The lowest BCUT2D eigenvalue weighted by atomic mass is 9.94. The van der Waals surface area contributed by atoms with E-state index in [4.69, 9.17) is 11.2 Å². The van der Waals surface area contributed by atoms with Crippen LogP contribution in [-0.2, 0) is 16.0 Å². The zero-order valence-electron chi connectivity index (χ0n) is 19.5. The summed E-state index contributed by atoms with van der Waals surface area (Å²) >= 11 is 0. The van der Waals surface area contributed by atoms with E-state index < -0.39 is 6.04 Å². The number of amides is 2. The molecule has 1 aliphatic rings. The van der Waals surface area contributed by atoms with Gasteiger partial charge in [0.2, 0.25) is 11.8 Å². The van der Waals surface area contributed by atoms with Crippen LogP contribution in [0, 0.1) is 12.3 Å². The number of terminal acetylenes is 1. The summed E-state index contributed by atoms with van der Waals surface area (Å²) in [5.74, 6) is 2.94. The minimum atomic E-state index is -0.820. The second-order valence-electron chi connectivity index (χ2n) is 8.79. The van der Waals surface area contributed by atoms with Crippen molar-refractivity contribution in [3.8, 4) is 18.1 Å². The van der Waals surface area contributed by atoms with Crippen molar-refractivity contribution in [1.29, 1.82) is 0 Å². The maximum absolute atomic E-state index is 13.7. The van der Waals surface area contributed by atoms with Crippen LogP contribution in [0.3, 0.4) is 0 Å². The number of carbonyl (C=O) groups is 2. The Kier molecular flexibility index (Phi) is 7.54. The highest BCUT2D eigenvalue weighted by molar-refractivity contribution is 5.95. The molecule has 6 nitrogen and oxygen atoms in total. The summed E-state index contributed by atoms with van der Waals surface area (Å²) in [5.41, 5.74) is 2.50. The maximum Gasteiger partial charge on any atom is 0.247 e. The zero-order valence-corrected chi connectivity index (χ0v) is 19.5. The first-order chi connectivity index (χ1) is 16.6. The monoisotopic (exact) mass is 457 g/mol. The van der Waals surface area contributed by atoms with Gasteiger partial charge in [-0.3, -0.25) is 9.59 Å². The molecule has 6 heteroatoms. The number of nitrogens with one attached hydrogen (secondary N) is 2. The van der Waals surface area contributed by atoms with Crippen molar-refractivity contribution in [1.82, 2.24) is 15.2 Å². The lowest BCUT2D eigenvalue weighted by molar-refractivity contribution is -0.140. The number of benzene rings is 2. The number of aromatic amines is 1. The largest absolute Gasteiger partial charge is 0.497 e. The summed E-state index contributed by atoms with van der Waals surface area (Å²) in [6.45, 7) is 0.0389. The van der Waals surface area contributed by atoms with Crippen LogP contribution in [0.4, 0.5) is 0 Å². The average Bonchev–Trinajstić information content (AvgIpc) is 3.28. The quantitative estimate of drug-likeness (QED) is 0.493. The number of nitrogens with zero attached hydrogens (tertiary/aromatic N) is 1. The minimum absolute atomic E-state index is 0.0389. The van der Waals surface area contributed by atoms with Crippen molar-refractivity contribution >= 4 is 22.7 Å². The molecule has 1 saturated carbocycles. The third-order valence-corrected chi connectivity index (χ3v) is 6.52. The number of carbonyl (C=O) groups excluding carboxylic acids is 2. The number of para-hydroxylation sites is 1. The number of rotatable bonds is 8. The predicted molar refractivity (Wildman–Crippen MR) is 133 cm³/mol. The summed E-state index contributed by atoms with van der Waals surface area (Å²) < 4.78 is 5.21. The van der Waals surface area contributed by atoms with Crippen LogP contribution >= 0.6 is 0 Å². The van der Waals surface area contributed by atoms with Crippen molar-refractivity contribution in [2.75, 3.05) is 13.7 Å². The lowest BCUT2D eigenvalue weighted by Crippen LogP contribution is -2.47. The van der Waals surface area contributed by atoms with Crippen molar-refractivity contribution in [3.63, 3.8) is 0 Å². The highest BCUT2D eigenvalue weighted by atomic mass is 16.5. The van der Waals surface area contributed by atoms with Crippen LogP contribution < -0.4 is 10.1 Å². The molecule has 34 heavy (non-hydrogen) atoms. The summed E-state index contributed by atoms with van der Waals surface area (Å²) in [4.78, 5) is 32.0. The fourth-order valence-corrected chi connectivity index (χ4v) is 4.74. The van der Waals surface area contributed by atoms with Gasteiger partial charge in [-0.05, 0) is 36.6 Å².